The van der Waals surface area contributed by atoms with E-state index in [-0.39, 0.29) is 5.41 Å². The molecule has 0 bridgehead atoms. The molecule has 26 heavy (non-hydrogen) atoms. The molecule has 1 fully saturated rings. The molecule has 1 saturated carbocycles. The molecule has 1 amide bonds. The maximum atomic E-state index is 12.8. The zero-order valence-corrected chi connectivity index (χ0v) is 16.9. The molecule has 1 aromatic carbocycles. The summed E-state index contributed by atoms with van der Waals surface area (Å²) < 4.78 is 7.14. The fraction of sp³-hybridized carbons (Fsp3) is 0.474. The van der Waals surface area contributed by atoms with Gasteiger partial charge in [0.2, 0.25) is 0 Å². The zero-order chi connectivity index (χ0) is 19.1. The van der Waals surface area contributed by atoms with Gasteiger partial charge in [0.15, 0.2) is 4.80 Å². The van der Waals surface area contributed by atoms with Crippen LogP contribution in [-0.4, -0.2) is 28.3 Å². The van der Waals surface area contributed by atoms with Crippen LogP contribution in [0.15, 0.2) is 29.4 Å². The van der Waals surface area contributed by atoms with Crippen molar-refractivity contribution < 1.29 is 14.6 Å². The first-order chi connectivity index (χ1) is 12.1. The molecule has 1 N–H and O–H groups in total. The lowest BCUT2D eigenvalue weighted by atomic mass is 9.95. The van der Waals surface area contributed by atoms with Crippen molar-refractivity contribution in [2.24, 2.45) is 4.99 Å². The van der Waals surface area contributed by atoms with Gasteiger partial charge < -0.3 is 14.4 Å². The summed E-state index contributed by atoms with van der Waals surface area (Å²) in [5.41, 5.74) is -0.423. The normalized spacial score (nSPS) is 16.6. The van der Waals surface area contributed by atoms with Crippen LogP contribution in [0.5, 0.6) is 5.75 Å². The summed E-state index contributed by atoms with van der Waals surface area (Å²) in [6, 6.07) is 4.88. The minimum Gasteiger partial charge on any atom is -0.496 e. The Bertz CT molecular complexity index is 904. The maximum Gasteiger partial charge on any atom is 0.283 e. The van der Waals surface area contributed by atoms with Crippen molar-refractivity contribution in [1.82, 2.24) is 4.57 Å². The van der Waals surface area contributed by atoms with Crippen molar-refractivity contribution in [2.45, 2.75) is 51.2 Å². The SMILES string of the molecule is COc1ccc(Cl)cc1C(=O)N=c1sc(C(C)(C)C)cn1CC1(O)CC1. The minimum atomic E-state index is -0.679. The standard InChI is InChI=1S/C19H23ClN2O3S/c1-18(2,3)15-10-22(11-19(24)7-8-19)17(26-15)21-16(23)13-9-12(20)5-6-14(13)25-4/h5-6,9-10,24H,7-8,11H2,1-4H3. The molecule has 0 spiro atoms. The Balaban J connectivity index is 2.05. The molecule has 3 rings (SSSR count). The topological polar surface area (TPSA) is 63.8 Å². The Kier molecular flexibility index (Phi) is 5.03. The summed E-state index contributed by atoms with van der Waals surface area (Å²) in [4.78, 5) is 18.8. The third-order valence-corrected chi connectivity index (χ3v) is 6.02. The number of methoxy groups -OCH3 is 1. The second-order valence-electron chi connectivity index (χ2n) is 7.74. The fourth-order valence-electron chi connectivity index (χ4n) is 2.54. The number of aromatic nitrogens is 1. The molecule has 0 aliphatic heterocycles. The predicted octanol–water partition coefficient (Wildman–Crippen LogP) is 3.78. The summed E-state index contributed by atoms with van der Waals surface area (Å²) in [6.45, 7) is 6.78. The van der Waals surface area contributed by atoms with Crippen molar-refractivity contribution in [3.05, 3.63) is 44.7 Å². The molecule has 7 heteroatoms. The molecule has 0 atom stereocenters. The molecule has 0 radical (unpaired) electrons. The maximum absolute atomic E-state index is 12.8. The highest BCUT2D eigenvalue weighted by Gasteiger charge is 2.41. The number of hydrogen-bond donors (Lipinski definition) is 1. The number of hydrogen-bond acceptors (Lipinski definition) is 4. The molecular weight excluding hydrogens is 372 g/mol. The van der Waals surface area contributed by atoms with Crippen molar-refractivity contribution >= 4 is 28.8 Å². The number of amides is 1. The van der Waals surface area contributed by atoms with Crippen molar-refractivity contribution in [2.75, 3.05) is 7.11 Å². The first-order valence-corrected chi connectivity index (χ1v) is 9.66. The van der Waals surface area contributed by atoms with E-state index < -0.39 is 11.5 Å². The Labute approximate surface area is 161 Å². The molecule has 2 aromatic rings. The van der Waals surface area contributed by atoms with Crippen molar-refractivity contribution in [3.63, 3.8) is 0 Å². The summed E-state index contributed by atoms with van der Waals surface area (Å²) in [5, 5.41) is 10.8. The Morgan fingerprint density at radius 2 is 2.12 bits per heavy atom. The summed E-state index contributed by atoms with van der Waals surface area (Å²) in [5.74, 6) is 0.0197. The smallest absolute Gasteiger partial charge is 0.283 e. The van der Waals surface area contributed by atoms with Crippen LogP contribution in [-0.2, 0) is 12.0 Å². The van der Waals surface area contributed by atoms with Gasteiger partial charge in [-0.25, -0.2) is 0 Å². The number of benzene rings is 1. The van der Waals surface area contributed by atoms with Crippen LogP contribution in [0.4, 0.5) is 0 Å². The quantitative estimate of drug-likeness (QED) is 0.858. The van der Waals surface area contributed by atoms with E-state index in [0.717, 1.165) is 17.7 Å². The Morgan fingerprint density at radius 1 is 1.42 bits per heavy atom. The zero-order valence-electron chi connectivity index (χ0n) is 15.4. The Morgan fingerprint density at radius 3 is 2.69 bits per heavy atom. The van der Waals surface area contributed by atoms with Crippen LogP contribution in [0.1, 0.15) is 48.8 Å². The van der Waals surface area contributed by atoms with E-state index in [9.17, 15) is 9.90 Å². The van der Waals surface area contributed by atoms with Crippen LogP contribution in [0.2, 0.25) is 5.02 Å². The number of ether oxygens (including phenoxy) is 1. The molecule has 140 valence electrons. The lowest BCUT2D eigenvalue weighted by Crippen LogP contribution is -2.25. The van der Waals surface area contributed by atoms with E-state index in [1.807, 2.05) is 10.8 Å². The summed E-state index contributed by atoms with van der Waals surface area (Å²) in [7, 11) is 1.51. The number of nitrogens with zero attached hydrogens (tertiary/aromatic N) is 2. The van der Waals surface area contributed by atoms with Gasteiger partial charge in [0.1, 0.15) is 5.75 Å². The van der Waals surface area contributed by atoms with Gasteiger partial charge in [-0.1, -0.05) is 32.4 Å². The molecule has 0 saturated heterocycles. The number of rotatable bonds is 4. The highest BCUT2D eigenvalue weighted by molar-refractivity contribution is 7.09. The number of carbonyl (C=O) groups excluding carboxylic acids is 1. The van der Waals surface area contributed by atoms with Gasteiger partial charge in [0.25, 0.3) is 5.91 Å². The van der Waals surface area contributed by atoms with E-state index in [0.29, 0.717) is 27.7 Å². The van der Waals surface area contributed by atoms with Crippen LogP contribution in [0, 0.1) is 0 Å². The van der Waals surface area contributed by atoms with Gasteiger partial charge in [-0.05, 0) is 36.5 Å². The summed E-state index contributed by atoms with van der Waals surface area (Å²) in [6.07, 6.45) is 3.54. The monoisotopic (exact) mass is 394 g/mol. The fourth-order valence-corrected chi connectivity index (χ4v) is 3.76. The summed E-state index contributed by atoms with van der Waals surface area (Å²) >= 11 is 7.49. The molecule has 1 heterocycles. The van der Waals surface area contributed by atoms with Gasteiger partial charge in [0.05, 0.1) is 24.8 Å². The number of halogens is 1. The second kappa shape index (κ2) is 6.83. The van der Waals surface area contributed by atoms with Crippen LogP contribution < -0.4 is 9.54 Å². The Hall–Kier alpha value is -1.63. The largest absolute Gasteiger partial charge is 0.496 e. The third kappa shape index (κ3) is 4.19. The first kappa shape index (κ1) is 19.1. The van der Waals surface area contributed by atoms with Gasteiger partial charge in [0, 0.05) is 16.1 Å². The van der Waals surface area contributed by atoms with E-state index in [1.165, 1.54) is 18.4 Å². The average Bonchev–Trinajstić information content (AvgIpc) is 3.14. The number of thiazole rings is 1. The van der Waals surface area contributed by atoms with Crippen LogP contribution in [0.25, 0.3) is 0 Å². The van der Waals surface area contributed by atoms with Crippen LogP contribution in [0.3, 0.4) is 0 Å². The number of carbonyl (C=O) groups is 1. The lowest BCUT2D eigenvalue weighted by molar-refractivity contribution is 0.0991. The van der Waals surface area contributed by atoms with Crippen molar-refractivity contribution in [1.29, 1.82) is 0 Å². The second-order valence-corrected chi connectivity index (χ2v) is 9.19. The molecule has 1 aliphatic carbocycles. The van der Waals surface area contributed by atoms with Gasteiger partial charge >= 0.3 is 0 Å². The van der Waals surface area contributed by atoms with E-state index in [1.54, 1.807) is 18.2 Å². The third-order valence-electron chi connectivity index (χ3n) is 4.34. The highest BCUT2D eigenvalue weighted by Crippen LogP contribution is 2.37. The lowest BCUT2D eigenvalue weighted by Gasteiger charge is -2.15. The van der Waals surface area contributed by atoms with Gasteiger partial charge in [-0.2, -0.15) is 4.99 Å². The van der Waals surface area contributed by atoms with Gasteiger partial charge in [-0.15, -0.1) is 11.3 Å². The predicted molar refractivity (Wildman–Crippen MR) is 103 cm³/mol. The van der Waals surface area contributed by atoms with Gasteiger partial charge in [-0.3, -0.25) is 4.79 Å². The molecule has 1 aromatic heterocycles. The number of aliphatic hydroxyl groups is 1. The van der Waals surface area contributed by atoms with Crippen molar-refractivity contribution in [3.8, 4) is 5.75 Å². The molecule has 5 nitrogen and oxygen atoms in total. The average molecular weight is 395 g/mol. The minimum absolute atomic E-state index is 0.0663. The molecular formula is C19H23ClN2O3S. The van der Waals surface area contributed by atoms with Crippen LogP contribution >= 0.6 is 22.9 Å². The van der Waals surface area contributed by atoms with E-state index in [2.05, 4.69) is 25.8 Å². The van der Waals surface area contributed by atoms with E-state index >= 15 is 0 Å². The molecule has 0 unspecified atom stereocenters. The first-order valence-electron chi connectivity index (χ1n) is 8.47. The highest BCUT2D eigenvalue weighted by atomic mass is 35.5. The van der Waals surface area contributed by atoms with E-state index in [4.69, 9.17) is 16.3 Å². The molecule has 1 aliphatic rings.